The molecule has 2 aromatic heterocycles. The van der Waals surface area contributed by atoms with Crippen molar-refractivity contribution >= 4 is 17.0 Å². The molecule has 0 unspecified atom stereocenters. The van der Waals surface area contributed by atoms with E-state index in [1.165, 1.54) is 7.11 Å². The first-order valence-corrected chi connectivity index (χ1v) is 6.18. The first-order valence-electron chi connectivity index (χ1n) is 6.18. The number of carbonyl (C=O) groups excluding carboxylic acids is 1. The molecule has 0 bridgehead atoms. The maximum absolute atomic E-state index is 11.8. The van der Waals surface area contributed by atoms with Crippen molar-refractivity contribution in [3.63, 3.8) is 0 Å². The average molecular weight is 270 g/mol. The first-order chi connectivity index (χ1) is 9.60. The van der Waals surface area contributed by atoms with Crippen molar-refractivity contribution in [2.45, 2.75) is 6.92 Å². The molecule has 0 radical (unpaired) electrons. The number of esters is 1. The lowest BCUT2D eigenvalue weighted by Crippen LogP contribution is -2.01. The van der Waals surface area contributed by atoms with E-state index in [0.717, 1.165) is 16.8 Å². The van der Waals surface area contributed by atoms with Crippen LogP contribution in [0.2, 0.25) is 0 Å². The zero-order chi connectivity index (χ0) is 14.3. The molecule has 6 heteroatoms. The summed E-state index contributed by atoms with van der Waals surface area (Å²) in [5.74, 6) is 0.304. The van der Waals surface area contributed by atoms with Gasteiger partial charge >= 0.3 is 5.97 Å². The highest BCUT2D eigenvalue weighted by atomic mass is 16.5. The van der Waals surface area contributed by atoms with Gasteiger partial charge in [-0.2, -0.15) is 5.10 Å². The third-order valence-corrected chi connectivity index (χ3v) is 3.19. The third-order valence-electron chi connectivity index (χ3n) is 3.19. The van der Waals surface area contributed by atoms with Crippen LogP contribution in [0, 0.1) is 6.92 Å². The van der Waals surface area contributed by atoms with Gasteiger partial charge in [0.25, 0.3) is 0 Å². The number of hydrogen-bond donors (Lipinski definition) is 1. The smallest absolute Gasteiger partial charge is 0.340 e. The monoisotopic (exact) mass is 270 g/mol. The number of para-hydroxylation sites is 1. The average Bonchev–Trinajstić information content (AvgIpc) is 3.00. The lowest BCUT2D eigenvalue weighted by molar-refractivity contribution is 0.0603. The number of methoxy groups -OCH3 is 1. The van der Waals surface area contributed by atoms with Crippen LogP contribution in [0.5, 0.6) is 0 Å². The van der Waals surface area contributed by atoms with Crippen molar-refractivity contribution in [2.24, 2.45) is 7.05 Å². The van der Waals surface area contributed by atoms with Gasteiger partial charge in [-0.1, -0.05) is 6.07 Å². The minimum Gasteiger partial charge on any atom is -0.465 e. The van der Waals surface area contributed by atoms with Gasteiger partial charge in [0.1, 0.15) is 11.3 Å². The van der Waals surface area contributed by atoms with Crippen LogP contribution in [-0.2, 0) is 11.8 Å². The van der Waals surface area contributed by atoms with E-state index in [1.54, 1.807) is 16.8 Å². The summed E-state index contributed by atoms with van der Waals surface area (Å²) in [7, 11) is 3.22. The number of benzene rings is 1. The summed E-state index contributed by atoms with van der Waals surface area (Å²) < 4.78 is 6.51. The number of fused-ring (bicyclic) bond motifs is 1. The van der Waals surface area contributed by atoms with Crippen LogP contribution >= 0.6 is 0 Å². The van der Waals surface area contributed by atoms with Gasteiger partial charge in [-0.25, -0.2) is 9.78 Å². The molecule has 102 valence electrons. The van der Waals surface area contributed by atoms with Crippen LogP contribution in [0.1, 0.15) is 16.1 Å². The Morgan fingerprint density at radius 1 is 1.40 bits per heavy atom. The summed E-state index contributed by atoms with van der Waals surface area (Å²) in [5, 5.41) is 4.30. The van der Waals surface area contributed by atoms with Gasteiger partial charge in [0.05, 0.1) is 29.4 Å². The largest absolute Gasteiger partial charge is 0.465 e. The van der Waals surface area contributed by atoms with Crippen LogP contribution in [-0.4, -0.2) is 32.8 Å². The topological polar surface area (TPSA) is 72.8 Å². The van der Waals surface area contributed by atoms with E-state index in [1.807, 2.05) is 26.2 Å². The van der Waals surface area contributed by atoms with Gasteiger partial charge < -0.3 is 9.72 Å². The highest BCUT2D eigenvalue weighted by Crippen LogP contribution is 2.24. The molecule has 2 heterocycles. The zero-order valence-corrected chi connectivity index (χ0v) is 11.5. The molecular weight excluding hydrogens is 256 g/mol. The number of rotatable bonds is 2. The molecule has 3 rings (SSSR count). The number of ether oxygens (including phenoxy) is 1. The third kappa shape index (κ3) is 1.85. The minimum atomic E-state index is -0.392. The van der Waals surface area contributed by atoms with E-state index >= 15 is 0 Å². The van der Waals surface area contributed by atoms with Gasteiger partial charge in [0, 0.05) is 13.2 Å². The number of aromatic nitrogens is 4. The van der Waals surface area contributed by atoms with Gasteiger partial charge in [-0.3, -0.25) is 4.68 Å². The van der Waals surface area contributed by atoms with Crippen molar-refractivity contribution < 1.29 is 9.53 Å². The van der Waals surface area contributed by atoms with Crippen molar-refractivity contribution in [3.8, 4) is 11.4 Å². The number of nitrogens with one attached hydrogen (secondary N) is 1. The molecule has 0 saturated heterocycles. The maximum atomic E-state index is 11.8. The van der Waals surface area contributed by atoms with Crippen molar-refractivity contribution in [1.29, 1.82) is 0 Å². The highest BCUT2D eigenvalue weighted by molar-refractivity contribution is 6.02. The molecule has 0 aliphatic carbocycles. The van der Waals surface area contributed by atoms with E-state index in [9.17, 15) is 4.79 Å². The fourth-order valence-electron chi connectivity index (χ4n) is 2.27. The molecule has 0 atom stereocenters. The molecule has 20 heavy (non-hydrogen) atoms. The van der Waals surface area contributed by atoms with E-state index in [0.29, 0.717) is 16.9 Å². The van der Waals surface area contributed by atoms with Crippen LogP contribution in [0.3, 0.4) is 0 Å². The second-order valence-electron chi connectivity index (χ2n) is 4.58. The number of aryl methyl sites for hydroxylation is 2. The van der Waals surface area contributed by atoms with E-state index in [2.05, 4.69) is 15.1 Å². The van der Waals surface area contributed by atoms with Crippen molar-refractivity contribution in [2.75, 3.05) is 7.11 Å². The molecule has 1 N–H and O–H groups in total. The predicted molar refractivity (Wildman–Crippen MR) is 74.4 cm³/mol. The van der Waals surface area contributed by atoms with E-state index in [4.69, 9.17) is 4.74 Å². The van der Waals surface area contributed by atoms with Crippen molar-refractivity contribution in [1.82, 2.24) is 19.7 Å². The number of imidazole rings is 1. The van der Waals surface area contributed by atoms with Gasteiger partial charge in [-0.15, -0.1) is 0 Å². The number of carbonyl (C=O) groups is 1. The molecule has 0 aliphatic heterocycles. The maximum Gasteiger partial charge on any atom is 0.340 e. The summed E-state index contributed by atoms with van der Waals surface area (Å²) in [6.07, 6.45) is 1.89. The standard InChI is InChI=1S/C14H14N4O2/c1-8-10(7-18(2)17-8)13-15-11-6-4-5-9(12(11)16-13)14(19)20-3/h4-7H,1-3H3,(H,15,16). The Morgan fingerprint density at radius 2 is 2.20 bits per heavy atom. The van der Waals surface area contributed by atoms with Gasteiger partial charge in [-0.05, 0) is 19.1 Å². The predicted octanol–water partition coefficient (Wildman–Crippen LogP) is 2.06. The first kappa shape index (κ1) is 12.4. The summed E-state index contributed by atoms with van der Waals surface area (Å²) in [6.45, 7) is 1.92. The Hall–Kier alpha value is -2.63. The number of nitrogens with zero attached hydrogens (tertiary/aromatic N) is 3. The molecule has 0 amide bonds. The number of H-pyrrole nitrogens is 1. The molecule has 0 aliphatic rings. The second kappa shape index (κ2) is 4.48. The summed E-state index contributed by atoms with van der Waals surface area (Å²) in [4.78, 5) is 19.5. The van der Waals surface area contributed by atoms with E-state index in [-0.39, 0.29) is 0 Å². The Balaban J connectivity index is 2.21. The second-order valence-corrected chi connectivity index (χ2v) is 4.58. The summed E-state index contributed by atoms with van der Waals surface area (Å²) in [6, 6.07) is 5.38. The Morgan fingerprint density at radius 3 is 2.85 bits per heavy atom. The molecule has 0 saturated carbocycles. The number of hydrogen-bond acceptors (Lipinski definition) is 4. The Kier molecular flexibility index (Phi) is 2.78. The fourth-order valence-corrected chi connectivity index (χ4v) is 2.27. The van der Waals surface area contributed by atoms with Crippen LogP contribution in [0.15, 0.2) is 24.4 Å². The van der Waals surface area contributed by atoms with Crippen LogP contribution in [0.25, 0.3) is 22.4 Å². The van der Waals surface area contributed by atoms with Crippen molar-refractivity contribution in [3.05, 3.63) is 35.7 Å². The molecule has 0 spiro atoms. The molecule has 3 aromatic rings. The number of aromatic amines is 1. The van der Waals surface area contributed by atoms with E-state index < -0.39 is 5.97 Å². The fraction of sp³-hybridized carbons (Fsp3) is 0.214. The SMILES string of the molecule is COC(=O)c1cccc2[nH]c(-c3cn(C)nc3C)nc12. The normalized spacial score (nSPS) is 10.9. The zero-order valence-electron chi connectivity index (χ0n) is 11.5. The minimum absolute atomic E-state index is 0.392. The summed E-state index contributed by atoms with van der Waals surface area (Å²) in [5.41, 5.74) is 3.66. The molecular formula is C14H14N4O2. The van der Waals surface area contributed by atoms with Crippen LogP contribution in [0.4, 0.5) is 0 Å². The lowest BCUT2D eigenvalue weighted by Gasteiger charge is -1.98. The van der Waals surface area contributed by atoms with Gasteiger partial charge in [0.2, 0.25) is 0 Å². The Labute approximate surface area is 115 Å². The molecule has 6 nitrogen and oxygen atoms in total. The Bertz CT molecular complexity index is 801. The molecule has 1 aromatic carbocycles. The highest BCUT2D eigenvalue weighted by Gasteiger charge is 2.16. The summed E-state index contributed by atoms with van der Waals surface area (Å²) >= 11 is 0. The van der Waals surface area contributed by atoms with Gasteiger partial charge in [0.15, 0.2) is 0 Å². The van der Waals surface area contributed by atoms with Crippen LogP contribution < -0.4 is 0 Å². The quantitative estimate of drug-likeness (QED) is 0.723. The molecule has 0 fully saturated rings. The lowest BCUT2D eigenvalue weighted by atomic mass is 10.2.